The van der Waals surface area contributed by atoms with Gasteiger partial charge in [0.1, 0.15) is 6.61 Å². The number of carbonyl (C=O) groups is 1. The topological polar surface area (TPSA) is 58.6 Å². The zero-order valence-electron chi connectivity index (χ0n) is 11.3. The number of carbonyl (C=O) groups excluding carboxylic acids is 1. The van der Waals surface area contributed by atoms with E-state index in [9.17, 15) is 9.90 Å². The van der Waals surface area contributed by atoms with Crippen molar-refractivity contribution in [2.45, 2.75) is 38.4 Å². The number of nitrogens with one attached hydrogen (secondary N) is 1. The lowest BCUT2D eigenvalue weighted by molar-refractivity contribution is 0.00901. The summed E-state index contributed by atoms with van der Waals surface area (Å²) in [5, 5.41) is 13.0. The Labute approximate surface area is 113 Å². The number of rotatable bonds is 4. The molecule has 0 bridgehead atoms. The van der Waals surface area contributed by atoms with E-state index in [-0.39, 0.29) is 19.1 Å². The van der Waals surface area contributed by atoms with Crippen LogP contribution in [-0.4, -0.2) is 23.3 Å². The summed E-state index contributed by atoms with van der Waals surface area (Å²) in [6.45, 7) is 2.53. The quantitative estimate of drug-likeness (QED) is 0.877. The van der Waals surface area contributed by atoms with Gasteiger partial charge >= 0.3 is 6.09 Å². The third-order valence-electron chi connectivity index (χ3n) is 3.92. The molecule has 0 aliphatic heterocycles. The zero-order chi connectivity index (χ0) is 13.7. The molecule has 1 amide bonds. The van der Waals surface area contributed by atoms with Crippen LogP contribution < -0.4 is 5.32 Å². The van der Waals surface area contributed by atoms with E-state index in [1.54, 1.807) is 0 Å². The summed E-state index contributed by atoms with van der Waals surface area (Å²) in [4.78, 5) is 11.6. The standard InChI is InChI=1S/C15H21NO3/c1-12-6-5-9-15(12,18)11-16-14(17)19-10-13-7-3-2-4-8-13/h2-4,7-8,12,18H,5-6,9-11H2,1H3,(H,16,17). The zero-order valence-corrected chi connectivity index (χ0v) is 11.3. The van der Waals surface area contributed by atoms with Crippen molar-refractivity contribution < 1.29 is 14.6 Å². The molecule has 2 rings (SSSR count). The van der Waals surface area contributed by atoms with Crippen LogP contribution >= 0.6 is 0 Å². The lowest BCUT2D eigenvalue weighted by Gasteiger charge is -2.27. The molecule has 2 atom stereocenters. The first-order valence-corrected chi connectivity index (χ1v) is 6.77. The minimum Gasteiger partial charge on any atom is -0.445 e. The maximum absolute atomic E-state index is 11.6. The van der Waals surface area contributed by atoms with Gasteiger partial charge in [0.05, 0.1) is 5.60 Å². The molecule has 1 saturated carbocycles. The smallest absolute Gasteiger partial charge is 0.407 e. The number of hydrogen-bond acceptors (Lipinski definition) is 3. The van der Waals surface area contributed by atoms with Crippen LogP contribution in [0.25, 0.3) is 0 Å². The molecular weight excluding hydrogens is 242 g/mol. The predicted molar refractivity (Wildman–Crippen MR) is 72.6 cm³/mol. The highest BCUT2D eigenvalue weighted by Crippen LogP contribution is 2.34. The number of benzene rings is 1. The number of alkyl carbamates (subject to hydrolysis) is 1. The van der Waals surface area contributed by atoms with E-state index >= 15 is 0 Å². The summed E-state index contributed by atoms with van der Waals surface area (Å²) >= 11 is 0. The molecule has 1 aliphatic rings. The van der Waals surface area contributed by atoms with Crippen molar-refractivity contribution in [3.63, 3.8) is 0 Å². The molecule has 2 unspecified atom stereocenters. The second-order valence-corrected chi connectivity index (χ2v) is 5.31. The first-order valence-electron chi connectivity index (χ1n) is 6.77. The van der Waals surface area contributed by atoms with E-state index in [0.29, 0.717) is 0 Å². The molecule has 0 heterocycles. The molecule has 4 heteroatoms. The van der Waals surface area contributed by atoms with Crippen molar-refractivity contribution in [1.29, 1.82) is 0 Å². The fraction of sp³-hybridized carbons (Fsp3) is 0.533. The predicted octanol–water partition coefficient (Wildman–Crippen LogP) is 2.46. The SMILES string of the molecule is CC1CCCC1(O)CNC(=O)OCc1ccccc1. The van der Waals surface area contributed by atoms with Crippen molar-refractivity contribution in [2.24, 2.45) is 5.92 Å². The number of hydrogen-bond donors (Lipinski definition) is 2. The molecule has 19 heavy (non-hydrogen) atoms. The van der Waals surface area contributed by atoms with Crippen LogP contribution in [0.15, 0.2) is 30.3 Å². The molecule has 1 aromatic carbocycles. The van der Waals surface area contributed by atoms with E-state index in [0.717, 1.165) is 24.8 Å². The first-order chi connectivity index (χ1) is 9.10. The Hall–Kier alpha value is -1.55. The van der Waals surface area contributed by atoms with Crippen LogP contribution in [0.3, 0.4) is 0 Å². The minimum absolute atomic E-state index is 0.224. The van der Waals surface area contributed by atoms with Crippen LogP contribution in [0.2, 0.25) is 0 Å². The Balaban J connectivity index is 1.73. The second kappa shape index (κ2) is 6.06. The molecule has 0 radical (unpaired) electrons. The molecule has 1 aliphatic carbocycles. The molecule has 0 aromatic heterocycles. The van der Waals surface area contributed by atoms with Gasteiger partial charge in [-0.3, -0.25) is 0 Å². The Morgan fingerprint density at radius 2 is 2.21 bits per heavy atom. The van der Waals surface area contributed by atoms with E-state index in [1.165, 1.54) is 0 Å². The van der Waals surface area contributed by atoms with Gasteiger partial charge in [-0.05, 0) is 24.3 Å². The molecule has 0 saturated heterocycles. The van der Waals surface area contributed by atoms with Crippen LogP contribution in [0, 0.1) is 5.92 Å². The molecule has 4 nitrogen and oxygen atoms in total. The summed E-state index contributed by atoms with van der Waals surface area (Å²) in [6.07, 6.45) is 2.29. The lowest BCUT2D eigenvalue weighted by Crippen LogP contribution is -2.44. The number of ether oxygens (including phenoxy) is 1. The van der Waals surface area contributed by atoms with Gasteiger partial charge in [0.2, 0.25) is 0 Å². The Bertz CT molecular complexity index is 421. The van der Waals surface area contributed by atoms with Gasteiger partial charge in [-0.1, -0.05) is 43.7 Å². The largest absolute Gasteiger partial charge is 0.445 e. The van der Waals surface area contributed by atoms with Crippen molar-refractivity contribution in [1.82, 2.24) is 5.32 Å². The summed E-state index contributed by atoms with van der Waals surface area (Å²) < 4.78 is 5.11. The highest BCUT2D eigenvalue weighted by atomic mass is 16.5. The Kier molecular flexibility index (Phi) is 4.43. The third kappa shape index (κ3) is 3.70. The molecule has 2 N–H and O–H groups in total. The van der Waals surface area contributed by atoms with Gasteiger partial charge in [0, 0.05) is 6.54 Å². The third-order valence-corrected chi connectivity index (χ3v) is 3.92. The number of aliphatic hydroxyl groups is 1. The second-order valence-electron chi connectivity index (χ2n) is 5.31. The van der Waals surface area contributed by atoms with Crippen molar-refractivity contribution in [3.8, 4) is 0 Å². The van der Waals surface area contributed by atoms with Crippen LogP contribution in [0.5, 0.6) is 0 Å². The van der Waals surface area contributed by atoms with Gasteiger partial charge in [-0.25, -0.2) is 4.79 Å². The molecule has 1 aromatic rings. The van der Waals surface area contributed by atoms with Gasteiger partial charge < -0.3 is 15.2 Å². The molecule has 1 fully saturated rings. The minimum atomic E-state index is -0.772. The maximum Gasteiger partial charge on any atom is 0.407 e. The van der Waals surface area contributed by atoms with Gasteiger partial charge in [0.15, 0.2) is 0 Å². The van der Waals surface area contributed by atoms with E-state index < -0.39 is 11.7 Å². The number of amides is 1. The normalized spacial score (nSPS) is 26.1. The molecule has 0 spiro atoms. The first kappa shape index (κ1) is 13.9. The van der Waals surface area contributed by atoms with Crippen LogP contribution in [-0.2, 0) is 11.3 Å². The average molecular weight is 263 g/mol. The lowest BCUT2D eigenvalue weighted by atomic mass is 9.93. The average Bonchev–Trinajstić information content (AvgIpc) is 2.76. The summed E-state index contributed by atoms with van der Waals surface area (Å²) in [7, 11) is 0. The fourth-order valence-corrected chi connectivity index (χ4v) is 2.49. The fourth-order valence-electron chi connectivity index (χ4n) is 2.49. The summed E-state index contributed by atoms with van der Waals surface area (Å²) in [5.41, 5.74) is 0.178. The van der Waals surface area contributed by atoms with Crippen molar-refractivity contribution in [2.75, 3.05) is 6.54 Å². The van der Waals surface area contributed by atoms with Gasteiger partial charge in [-0.15, -0.1) is 0 Å². The van der Waals surface area contributed by atoms with E-state index in [4.69, 9.17) is 4.74 Å². The van der Waals surface area contributed by atoms with Crippen LogP contribution in [0.4, 0.5) is 4.79 Å². The van der Waals surface area contributed by atoms with Crippen molar-refractivity contribution >= 4 is 6.09 Å². The maximum atomic E-state index is 11.6. The van der Waals surface area contributed by atoms with E-state index in [1.807, 2.05) is 37.3 Å². The Morgan fingerprint density at radius 1 is 1.47 bits per heavy atom. The molecule has 104 valence electrons. The van der Waals surface area contributed by atoms with Crippen molar-refractivity contribution in [3.05, 3.63) is 35.9 Å². The molecular formula is C15H21NO3. The summed E-state index contributed by atoms with van der Waals surface area (Å²) in [5.74, 6) is 0.224. The Morgan fingerprint density at radius 3 is 2.84 bits per heavy atom. The van der Waals surface area contributed by atoms with Crippen LogP contribution in [0.1, 0.15) is 31.7 Å². The van der Waals surface area contributed by atoms with Gasteiger partial charge in [0.25, 0.3) is 0 Å². The highest BCUT2D eigenvalue weighted by Gasteiger charge is 2.38. The van der Waals surface area contributed by atoms with Gasteiger partial charge in [-0.2, -0.15) is 0 Å². The van der Waals surface area contributed by atoms with E-state index in [2.05, 4.69) is 5.32 Å². The highest BCUT2D eigenvalue weighted by molar-refractivity contribution is 5.67. The monoisotopic (exact) mass is 263 g/mol. The summed E-state index contributed by atoms with van der Waals surface area (Å²) in [6, 6.07) is 9.53.